The van der Waals surface area contributed by atoms with Gasteiger partial charge >= 0.3 is 0 Å². The van der Waals surface area contributed by atoms with Gasteiger partial charge in [-0.1, -0.05) is 29.8 Å². The van der Waals surface area contributed by atoms with Gasteiger partial charge in [0.2, 0.25) is 0 Å². The van der Waals surface area contributed by atoms with Crippen molar-refractivity contribution in [2.45, 2.75) is 13.0 Å². The van der Waals surface area contributed by atoms with E-state index in [0.29, 0.717) is 16.8 Å². The Bertz CT molecular complexity index is 1060. The number of amidine groups is 1. The Hall–Kier alpha value is -3.51. The van der Waals surface area contributed by atoms with Gasteiger partial charge in [-0.3, -0.25) is 5.41 Å². The summed E-state index contributed by atoms with van der Waals surface area (Å²) in [7, 11) is 3.97. The van der Waals surface area contributed by atoms with Crippen LogP contribution in [0.15, 0.2) is 66.7 Å². The Kier molecular flexibility index (Phi) is 7.67. The van der Waals surface area contributed by atoms with E-state index in [0.717, 1.165) is 22.4 Å². The summed E-state index contributed by atoms with van der Waals surface area (Å²) in [4.78, 5) is 14.0. The van der Waals surface area contributed by atoms with Gasteiger partial charge in [0.1, 0.15) is 5.84 Å². The first-order valence-electron chi connectivity index (χ1n) is 9.56. The van der Waals surface area contributed by atoms with Crippen LogP contribution in [-0.2, 0) is 4.79 Å². The maximum Gasteiger partial charge on any atom is 0.122 e. The number of benzene rings is 3. The van der Waals surface area contributed by atoms with E-state index in [1.54, 1.807) is 24.3 Å². The van der Waals surface area contributed by atoms with Crippen LogP contribution in [0, 0.1) is 12.3 Å². The Morgan fingerprint density at radius 3 is 2.13 bits per heavy atom. The smallest absolute Gasteiger partial charge is 0.122 e. The van der Waals surface area contributed by atoms with E-state index in [1.165, 1.54) is 0 Å². The first kappa shape index (κ1) is 23.8. The molecule has 0 fully saturated rings. The van der Waals surface area contributed by atoms with Crippen LogP contribution in [0.4, 0.5) is 11.4 Å². The topological polar surface area (TPSA) is 105 Å². The van der Waals surface area contributed by atoms with Crippen molar-refractivity contribution in [1.29, 1.82) is 5.41 Å². The van der Waals surface area contributed by atoms with Crippen LogP contribution < -0.4 is 21.1 Å². The van der Waals surface area contributed by atoms with E-state index in [9.17, 15) is 9.90 Å². The summed E-state index contributed by atoms with van der Waals surface area (Å²) in [5.41, 5.74) is 11.3. The van der Waals surface area contributed by atoms with E-state index in [2.05, 4.69) is 5.32 Å². The van der Waals surface area contributed by atoms with Crippen molar-refractivity contribution >= 4 is 35.6 Å². The van der Waals surface area contributed by atoms with Crippen molar-refractivity contribution < 1.29 is 9.90 Å². The van der Waals surface area contributed by atoms with Gasteiger partial charge in [-0.05, 0) is 66.1 Å². The first-order valence-corrected chi connectivity index (χ1v) is 9.56. The number of nitrogens with zero attached hydrogens (tertiary/aromatic N) is 1. The maximum atomic E-state index is 11.9. The van der Waals surface area contributed by atoms with Gasteiger partial charge in [-0.25, -0.2) is 0 Å². The molecule has 0 spiro atoms. The molecule has 0 saturated carbocycles. The van der Waals surface area contributed by atoms with Gasteiger partial charge in [-0.15, -0.1) is 12.4 Å². The Labute approximate surface area is 188 Å². The van der Waals surface area contributed by atoms with Crippen molar-refractivity contribution in [1.82, 2.24) is 0 Å². The number of aliphatic carboxylic acids is 1. The Balaban J connectivity index is 0.00000341. The zero-order valence-electron chi connectivity index (χ0n) is 17.7. The molecule has 7 heteroatoms. The summed E-state index contributed by atoms with van der Waals surface area (Å²) in [5.74, 6) is -1.26. The summed E-state index contributed by atoms with van der Waals surface area (Å²) in [6.07, 6.45) is 0. The van der Waals surface area contributed by atoms with Gasteiger partial charge in [0.05, 0.1) is 12.0 Å². The summed E-state index contributed by atoms with van der Waals surface area (Å²) >= 11 is 0. The van der Waals surface area contributed by atoms with E-state index in [4.69, 9.17) is 11.1 Å². The zero-order valence-corrected chi connectivity index (χ0v) is 18.5. The number of carboxylic acids is 1. The van der Waals surface area contributed by atoms with Crippen LogP contribution in [0.2, 0.25) is 0 Å². The number of halogens is 1. The van der Waals surface area contributed by atoms with Crippen molar-refractivity contribution in [3.8, 4) is 11.1 Å². The first-order chi connectivity index (χ1) is 14.2. The average Bonchev–Trinajstić information content (AvgIpc) is 2.71. The molecule has 0 bridgehead atoms. The molecule has 0 saturated heterocycles. The largest absolute Gasteiger partial charge is 0.548 e. The zero-order chi connectivity index (χ0) is 21.8. The molecular weight excluding hydrogens is 412 g/mol. The number of hydrogen-bond donors (Lipinski definition) is 3. The second kappa shape index (κ2) is 10.00. The number of nitrogens with two attached hydrogens (primary N) is 1. The van der Waals surface area contributed by atoms with E-state index in [1.807, 2.05) is 68.4 Å². The fraction of sp³-hybridized carbons (Fsp3) is 0.167. The molecule has 0 heterocycles. The SMILES string of the molecule is Cc1cc(-c2ccc(N(C)C)cc2)cc(C(Nc2ccc(C(=N)N)cc2)C(=O)[O-])c1.Cl. The third-order valence-corrected chi connectivity index (χ3v) is 4.89. The molecule has 4 N–H and O–H groups in total. The molecule has 0 radical (unpaired) electrons. The highest BCUT2D eigenvalue weighted by atomic mass is 35.5. The number of anilines is 2. The molecule has 1 atom stereocenters. The summed E-state index contributed by atoms with van der Waals surface area (Å²) in [5, 5.41) is 22.4. The minimum absolute atomic E-state index is 0. The molecule has 31 heavy (non-hydrogen) atoms. The molecule has 0 aliphatic rings. The number of rotatable bonds is 7. The van der Waals surface area contributed by atoms with Gasteiger partial charge in [0.15, 0.2) is 0 Å². The number of nitrogen functional groups attached to an aromatic ring is 1. The fourth-order valence-electron chi connectivity index (χ4n) is 3.29. The minimum atomic E-state index is -1.22. The molecule has 162 valence electrons. The average molecular weight is 438 g/mol. The second-order valence-corrected chi connectivity index (χ2v) is 7.46. The highest BCUT2D eigenvalue weighted by molar-refractivity contribution is 5.95. The van der Waals surface area contributed by atoms with Gasteiger partial charge < -0.3 is 25.9 Å². The predicted octanol–water partition coefficient (Wildman–Crippen LogP) is 3.34. The lowest BCUT2D eigenvalue weighted by molar-refractivity contribution is -0.307. The number of carboxylic acid groups (broad SMARTS) is 1. The van der Waals surface area contributed by atoms with Crippen LogP contribution in [0.1, 0.15) is 22.7 Å². The monoisotopic (exact) mass is 437 g/mol. The number of aryl methyl sites for hydroxylation is 1. The molecule has 3 rings (SSSR count). The second-order valence-electron chi connectivity index (χ2n) is 7.46. The van der Waals surface area contributed by atoms with Crippen LogP contribution in [0.25, 0.3) is 11.1 Å². The lowest BCUT2D eigenvalue weighted by Crippen LogP contribution is -2.34. The molecule has 1 unspecified atom stereocenters. The van der Waals surface area contributed by atoms with Gasteiger partial charge in [-0.2, -0.15) is 0 Å². The van der Waals surface area contributed by atoms with Crippen molar-refractivity contribution in [3.63, 3.8) is 0 Å². The highest BCUT2D eigenvalue weighted by Crippen LogP contribution is 2.28. The number of carbonyl (C=O) groups is 1. The number of carbonyl (C=O) groups excluding carboxylic acids is 1. The van der Waals surface area contributed by atoms with E-state index < -0.39 is 12.0 Å². The molecule has 0 aliphatic carbocycles. The standard InChI is InChI=1S/C24H26N4O2.ClH/c1-15-12-18(16-6-10-21(11-7-16)28(2)3)14-19(13-15)22(24(29)30)27-20-8-4-17(5-9-20)23(25)26;/h4-14,22,27H,1-3H3,(H3,25,26)(H,29,30);1H/p-1. The highest BCUT2D eigenvalue weighted by Gasteiger charge is 2.15. The molecular formula is C24H26ClN4O2-. The lowest BCUT2D eigenvalue weighted by atomic mass is 9.96. The third-order valence-electron chi connectivity index (χ3n) is 4.89. The van der Waals surface area contributed by atoms with Gasteiger partial charge in [0.25, 0.3) is 0 Å². The number of nitrogens with one attached hydrogen (secondary N) is 2. The third kappa shape index (κ3) is 5.77. The predicted molar refractivity (Wildman–Crippen MR) is 127 cm³/mol. The normalized spacial score (nSPS) is 11.2. The number of hydrogen-bond acceptors (Lipinski definition) is 5. The lowest BCUT2D eigenvalue weighted by Gasteiger charge is -2.23. The van der Waals surface area contributed by atoms with Crippen LogP contribution in [0.3, 0.4) is 0 Å². The van der Waals surface area contributed by atoms with Crippen LogP contribution in [-0.4, -0.2) is 25.9 Å². The Morgan fingerprint density at radius 1 is 1.00 bits per heavy atom. The molecule has 6 nitrogen and oxygen atoms in total. The fourth-order valence-corrected chi connectivity index (χ4v) is 3.29. The van der Waals surface area contributed by atoms with Crippen molar-refractivity contribution in [3.05, 3.63) is 83.4 Å². The molecule has 3 aromatic rings. The molecule has 0 aromatic heterocycles. The van der Waals surface area contributed by atoms with E-state index >= 15 is 0 Å². The maximum absolute atomic E-state index is 11.9. The quantitative estimate of drug-likeness (QED) is 0.388. The summed E-state index contributed by atoms with van der Waals surface area (Å²) in [6, 6.07) is 19.6. The summed E-state index contributed by atoms with van der Waals surface area (Å²) < 4.78 is 0. The van der Waals surface area contributed by atoms with E-state index in [-0.39, 0.29) is 18.2 Å². The summed E-state index contributed by atoms with van der Waals surface area (Å²) in [6.45, 7) is 1.94. The molecule has 0 amide bonds. The molecule has 3 aromatic carbocycles. The van der Waals surface area contributed by atoms with Gasteiger partial charge in [0, 0.05) is 31.0 Å². The van der Waals surface area contributed by atoms with Crippen molar-refractivity contribution in [2.24, 2.45) is 5.73 Å². The van der Waals surface area contributed by atoms with Crippen molar-refractivity contribution in [2.75, 3.05) is 24.3 Å². The Morgan fingerprint density at radius 2 is 1.61 bits per heavy atom. The van der Waals surface area contributed by atoms with Crippen LogP contribution in [0.5, 0.6) is 0 Å². The van der Waals surface area contributed by atoms with Crippen LogP contribution >= 0.6 is 12.4 Å². The minimum Gasteiger partial charge on any atom is -0.548 e. The molecule has 0 aliphatic heterocycles.